The van der Waals surface area contributed by atoms with Crippen molar-refractivity contribution >= 4 is 0 Å². The summed E-state index contributed by atoms with van der Waals surface area (Å²) in [6, 6.07) is 0. The van der Waals surface area contributed by atoms with Crippen molar-refractivity contribution < 1.29 is 0 Å². The van der Waals surface area contributed by atoms with Crippen molar-refractivity contribution in [2.75, 3.05) is 0 Å². The summed E-state index contributed by atoms with van der Waals surface area (Å²) in [5.41, 5.74) is 6.70. The summed E-state index contributed by atoms with van der Waals surface area (Å²) in [6.07, 6.45) is 10.6. The van der Waals surface area contributed by atoms with Crippen LogP contribution in [0, 0.1) is 11.8 Å². The molecule has 0 amide bonds. The summed E-state index contributed by atoms with van der Waals surface area (Å²) < 4.78 is 0. The first-order valence-electron chi connectivity index (χ1n) is 6.84. The second kappa shape index (κ2) is 5.89. The highest BCUT2D eigenvalue weighted by atomic mass is 14.7. The molecule has 2 atom stereocenters. The van der Waals surface area contributed by atoms with E-state index in [1.165, 1.54) is 51.4 Å². The Morgan fingerprint density at radius 3 is 2.73 bits per heavy atom. The van der Waals surface area contributed by atoms with Gasteiger partial charge in [-0.25, -0.2) is 0 Å². The summed E-state index contributed by atoms with van der Waals surface area (Å²) in [5.74, 6) is 1.74. The molecule has 1 heteroatoms. The standard InChI is InChI=1S/C14H29N/c1-4-5-8-14(15)9-6-7-13(11-14)10-12(2)3/h12-13H,4-11,15H2,1-3H3. The average molecular weight is 211 g/mol. The molecule has 2 unspecified atom stereocenters. The summed E-state index contributed by atoms with van der Waals surface area (Å²) in [5, 5.41) is 0. The molecule has 1 rings (SSSR count). The summed E-state index contributed by atoms with van der Waals surface area (Å²) >= 11 is 0. The third-order valence-electron chi connectivity index (χ3n) is 3.82. The molecule has 2 N–H and O–H groups in total. The Morgan fingerprint density at radius 2 is 2.13 bits per heavy atom. The van der Waals surface area contributed by atoms with Crippen LogP contribution in [0.2, 0.25) is 0 Å². The summed E-state index contributed by atoms with van der Waals surface area (Å²) in [4.78, 5) is 0. The normalized spacial score (nSPS) is 32.2. The number of nitrogens with two attached hydrogens (primary N) is 1. The maximum absolute atomic E-state index is 6.51. The van der Waals surface area contributed by atoms with Crippen molar-refractivity contribution in [1.29, 1.82) is 0 Å². The van der Waals surface area contributed by atoms with E-state index in [1.54, 1.807) is 0 Å². The highest BCUT2D eigenvalue weighted by molar-refractivity contribution is 4.90. The van der Waals surface area contributed by atoms with E-state index >= 15 is 0 Å². The van der Waals surface area contributed by atoms with Crippen molar-refractivity contribution in [3.8, 4) is 0 Å². The van der Waals surface area contributed by atoms with Gasteiger partial charge in [-0.3, -0.25) is 0 Å². The monoisotopic (exact) mass is 211 g/mol. The van der Waals surface area contributed by atoms with Gasteiger partial charge in [-0.05, 0) is 37.5 Å². The lowest BCUT2D eigenvalue weighted by atomic mass is 9.71. The second-order valence-electron chi connectivity index (χ2n) is 6.06. The Hall–Kier alpha value is -0.0400. The molecule has 1 fully saturated rings. The largest absolute Gasteiger partial charge is 0.325 e. The summed E-state index contributed by atoms with van der Waals surface area (Å²) in [6.45, 7) is 6.93. The maximum atomic E-state index is 6.51. The zero-order valence-electron chi connectivity index (χ0n) is 10.9. The van der Waals surface area contributed by atoms with Gasteiger partial charge in [-0.2, -0.15) is 0 Å². The topological polar surface area (TPSA) is 26.0 Å². The van der Waals surface area contributed by atoms with Crippen LogP contribution in [0.1, 0.15) is 72.1 Å². The van der Waals surface area contributed by atoms with Gasteiger partial charge in [0, 0.05) is 5.54 Å². The van der Waals surface area contributed by atoms with Crippen LogP contribution in [0.4, 0.5) is 0 Å². The van der Waals surface area contributed by atoms with Crippen LogP contribution >= 0.6 is 0 Å². The van der Waals surface area contributed by atoms with Crippen molar-refractivity contribution in [3.05, 3.63) is 0 Å². The molecule has 15 heavy (non-hydrogen) atoms. The lowest BCUT2D eigenvalue weighted by molar-refractivity contribution is 0.188. The zero-order valence-corrected chi connectivity index (χ0v) is 10.9. The highest BCUT2D eigenvalue weighted by Crippen LogP contribution is 2.36. The Bertz CT molecular complexity index is 176. The molecule has 90 valence electrons. The fourth-order valence-electron chi connectivity index (χ4n) is 3.15. The molecule has 0 saturated heterocycles. The summed E-state index contributed by atoms with van der Waals surface area (Å²) in [7, 11) is 0. The van der Waals surface area contributed by atoms with Gasteiger partial charge in [0.25, 0.3) is 0 Å². The zero-order chi connectivity index (χ0) is 11.3. The van der Waals surface area contributed by atoms with E-state index in [0.717, 1.165) is 11.8 Å². The molecular formula is C14H29N. The van der Waals surface area contributed by atoms with Gasteiger partial charge in [0.2, 0.25) is 0 Å². The predicted octanol–water partition coefficient (Wildman–Crippen LogP) is 4.11. The van der Waals surface area contributed by atoms with E-state index in [2.05, 4.69) is 20.8 Å². The first-order chi connectivity index (χ1) is 7.06. The number of hydrogen-bond acceptors (Lipinski definition) is 1. The second-order valence-corrected chi connectivity index (χ2v) is 6.06. The molecule has 0 aliphatic heterocycles. The first kappa shape index (κ1) is 13.0. The van der Waals surface area contributed by atoms with Gasteiger partial charge in [-0.15, -0.1) is 0 Å². The molecule has 1 nitrogen and oxygen atoms in total. The van der Waals surface area contributed by atoms with Crippen molar-refractivity contribution in [2.24, 2.45) is 17.6 Å². The van der Waals surface area contributed by atoms with Crippen LogP contribution in [-0.2, 0) is 0 Å². The van der Waals surface area contributed by atoms with E-state index in [1.807, 2.05) is 0 Å². The van der Waals surface area contributed by atoms with Crippen molar-refractivity contribution in [3.63, 3.8) is 0 Å². The van der Waals surface area contributed by atoms with E-state index in [4.69, 9.17) is 5.73 Å². The molecule has 0 aromatic carbocycles. The predicted molar refractivity (Wildman–Crippen MR) is 67.9 cm³/mol. The van der Waals surface area contributed by atoms with Gasteiger partial charge >= 0.3 is 0 Å². The quantitative estimate of drug-likeness (QED) is 0.727. The third kappa shape index (κ3) is 4.55. The van der Waals surface area contributed by atoms with E-state index in [9.17, 15) is 0 Å². The SMILES string of the molecule is CCCCC1(N)CCCC(CC(C)C)C1. The fraction of sp³-hybridized carbons (Fsp3) is 1.00. The van der Waals surface area contributed by atoms with Gasteiger partial charge in [-0.1, -0.05) is 46.5 Å². The molecule has 0 aromatic rings. The Balaban J connectivity index is 2.39. The Kier molecular flexibility index (Phi) is 5.11. The molecule has 0 aromatic heterocycles. The average Bonchev–Trinajstić information content (AvgIpc) is 2.14. The molecule has 0 radical (unpaired) electrons. The molecule has 0 spiro atoms. The minimum absolute atomic E-state index is 0.188. The van der Waals surface area contributed by atoms with Crippen molar-refractivity contribution in [1.82, 2.24) is 0 Å². The van der Waals surface area contributed by atoms with E-state index < -0.39 is 0 Å². The van der Waals surface area contributed by atoms with Crippen molar-refractivity contribution in [2.45, 2.75) is 77.7 Å². The molecule has 0 heterocycles. The number of rotatable bonds is 5. The van der Waals surface area contributed by atoms with Gasteiger partial charge < -0.3 is 5.73 Å². The van der Waals surface area contributed by atoms with Crippen LogP contribution < -0.4 is 5.73 Å². The molecule has 1 aliphatic carbocycles. The van der Waals surface area contributed by atoms with Crippen LogP contribution in [-0.4, -0.2) is 5.54 Å². The van der Waals surface area contributed by atoms with Crippen LogP contribution in [0.25, 0.3) is 0 Å². The molecule has 1 aliphatic rings. The smallest absolute Gasteiger partial charge is 0.0157 e. The molecular weight excluding hydrogens is 182 g/mol. The molecule has 0 bridgehead atoms. The third-order valence-corrected chi connectivity index (χ3v) is 3.82. The lowest BCUT2D eigenvalue weighted by Gasteiger charge is -2.39. The molecule has 1 saturated carbocycles. The fourth-order valence-corrected chi connectivity index (χ4v) is 3.15. The lowest BCUT2D eigenvalue weighted by Crippen LogP contribution is -2.44. The first-order valence-corrected chi connectivity index (χ1v) is 6.84. The Morgan fingerprint density at radius 1 is 1.40 bits per heavy atom. The minimum Gasteiger partial charge on any atom is -0.325 e. The number of hydrogen-bond donors (Lipinski definition) is 1. The Labute approximate surface area is 95.8 Å². The van der Waals surface area contributed by atoms with Gasteiger partial charge in [0.1, 0.15) is 0 Å². The van der Waals surface area contributed by atoms with Gasteiger partial charge in [0.05, 0.1) is 0 Å². The van der Waals surface area contributed by atoms with Crippen LogP contribution in [0.3, 0.4) is 0 Å². The number of unbranched alkanes of at least 4 members (excludes halogenated alkanes) is 1. The van der Waals surface area contributed by atoms with E-state index in [-0.39, 0.29) is 5.54 Å². The minimum atomic E-state index is 0.188. The maximum Gasteiger partial charge on any atom is 0.0157 e. The van der Waals surface area contributed by atoms with Crippen LogP contribution in [0.5, 0.6) is 0 Å². The van der Waals surface area contributed by atoms with E-state index in [0.29, 0.717) is 0 Å². The van der Waals surface area contributed by atoms with Crippen LogP contribution in [0.15, 0.2) is 0 Å². The van der Waals surface area contributed by atoms with Gasteiger partial charge in [0.15, 0.2) is 0 Å². The highest BCUT2D eigenvalue weighted by Gasteiger charge is 2.32.